The second-order valence-corrected chi connectivity index (χ2v) is 5.82. The van der Waals surface area contributed by atoms with E-state index in [1.165, 1.54) is 0 Å². The van der Waals surface area contributed by atoms with Gasteiger partial charge >= 0.3 is 6.18 Å². The van der Waals surface area contributed by atoms with Crippen molar-refractivity contribution in [3.05, 3.63) is 0 Å². The van der Waals surface area contributed by atoms with Crippen molar-refractivity contribution < 1.29 is 22.7 Å². The van der Waals surface area contributed by atoms with Crippen LogP contribution in [0.3, 0.4) is 0 Å². The first-order valence-electron chi connectivity index (χ1n) is 7.14. The van der Waals surface area contributed by atoms with Crippen LogP contribution in [0.5, 0.6) is 0 Å². The van der Waals surface area contributed by atoms with Gasteiger partial charge in [0, 0.05) is 25.6 Å². The van der Waals surface area contributed by atoms with E-state index in [0.29, 0.717) is 38.4 Å². The maximum absolute atomic E-state index is 12.5. The van der Waals surface area contributed by atoms with Gasteiger partial charge in [0.1, 0.15) is 5.78 Å². The number of rotatable bonds is 3. The average Bonchev–Trinajstić information content (AvgIpc) is 2.39. The summed E-state index contributed by atoms with van der Waals surface area (Å²) in [5, 5.41) is 0. The number of Topliss-reactive ketones (excluding diaryl/α,β-unsaturated/α-hetero) is 1. The molecule has 110 valence electrons. The van der Waals surface area contributed by atoms with Crippen molar-refractivity contribution in [3.63, 3.8) is 0 Å². The molecule has 1 saturated carbocycles. The first-order valence-corrected chi connectivity index (χ1v) is 7.14. The highest BCUT2D eigenvalue weighted by molar-refractivity contribution is 5.81. The number of hydrogen-bond acceptors (Lipinski definition) is 2. The molecule has 1 heterocycles. The van der Waals surface area contributed by atoms with Gasteiger partial charge in [0.15, 0.2) is 0 Å². The van der Waals surface area contributed by atoms with Gasteiger partial charge in [-0.3, -0.25) is 4.79 Å². The Balaban J connectivity index is 1.76. The summed E-state index contributed by atoms with van der Waals surface area (Å²) >= 11 is 0. The summed E-state index contributed by atoms with van der Waals surface area (Å²) in [6, 6.07) is 0. The fraction of sp³-hybridized carbons (Fsp3) is 0.929. The van der Waals surface area contributed by atoms with Gasteiger partial charge < -0.3 is 4.74 Å². The quantitative estimate of drug-likeness (QED) is 0.786. The maximum atomic E-state index is 12.5. The van der Waals surface area contributed by atoms with Crippen molar-refractivity contribution in [2.24, 2.45) is 17.8 Å². The highest BCUT2D eigenvalue weighted by Gasteiger charge is 2.42. The normalized spacial score (nSPS) is 30.3. The van der Waals surface area contributed by atoms with Gasteiger partial charge in [-0.25, -0.2) is 0 Å². The Hall–Kier alpha value is -0.580. The first-order chi connectivity index (χ1) is 8.97. The van der Waals surface area contributed by atoms with Crippen LogP contribution in [0.1, 0.15) is 44.9 Å². The summed E-state index contributed by atoms with van der Waals surface area (Å²) in [5.41, 5.74) is 0. The predicted octanol–water partition coefficient (Wildman–Crippen LogP) is 3.74. The molecule has 1 aliphatic heterocycles. The van der Waals surface area contributed by atoms with Crippen molar-refractivity contribution in [2.75, 3.05) is 13.2 Å². The largest absolute Gasteiger partial charge is 0.391 e. The fourth-order valence-electron chi connectivity index (χ4n) is 3.14. The van der Waals surface area contributed by atoms with E-state index in [2.05, 4.69) is 0 Å². The Morgan fingerprint density at radius 2 is 1.58 bits per heavy atom. The minimum Gasteiger partial charge on any atom is -0.381 e. The van der Waals surface area contributed by atoms with E-state index >= 15 is 0 Å². The third kappa shape index (κ3) is 4.20. The van der Waals surface area contributed by atoms with Gasteiger partial charge in [-0.1, -0.05) is 0 Å². The highest BCUT2D eigenvalue weighted by Crippen LogP contribution is 2.40. The fourth-order valence-corrected chi connectivity index (χ4v) is 3.14. The summed E-state index contributed by atoms with van der Waals surface area (Å²) in [7, 11) is 0. The van der Waals surface area contributed by atoms with E-state index in [4.69, 9.17) is 4.74 Å². The second-order valence-electron chi connectivity index (χ2n) is 5.82. The highest BCUT2D eigenvalue weighted by atomic mass is 19.4. The Labute approximate surface area is 111 Å². The first kappa shape index (κ1) is 14.8. The van der Waals surface area contributed by atoms with Gasteiger partial charge in [0.05, 0.1) is 5.92 Å². The molecule has 0 bridgehead atoms. The van der Waals surface area contributed by atoms with E-state index in [-0.39, 0.29) is 24.5 Å². The van der Waals surface area contributed by atoms with E-state index in [9.17, 15) is 18.0 Å². The summed E-state index contributed by atoms with van der Waals surface area (Å²) in [5.74, 6) is -0.782. The molecule has 5 heteroatoms. The molecule has 0 atom stereocenters. The van der Waals surface area contributed by atoms with Gasteiger partial charge in [0.2, 0.25) is 0 Å². The summed E-state index contributed by atoms with van der Waals surface area (Å²) in [6.45, 7) is 1.41. The SMILES string of the molecule is O=C(CC1CCOCC1)C1CCC(C(F)(F)F)CC1. The van der Waals surface area contributed by atoms with Crippen LogP contribution in [0.25, 0.3) is 0 Å². The Morgan fingerprint density at radius 1 is 1.00 bits per heavy atom. The van der Waals surface area contributed by atoms with Crippen molar-refractivity contribution in [1.82, 2.24) is 0 Å². The number of ether oxygens (including phenoxy) is 1. The van der Waals surface area contributed by atoms with E-state index in [0.717, 1.165) is 12.8 Å². The number of carbonyl (C=O) groups excluding carboxylic acids is 1. The van der Waals surface area contributed by atoms with Crippen LogP contribution in [0, 0.1) is 17.8 Å². The Kier molecular flexibility index (Phi) is 4.87. The molecule has 0 amide bonds. The maximum Gasteiger partial charge on any atom is 0.391 e. The lowest BCUT2D eigenvalue weighted by molar-refractivity contribution is -0.184. The predicted molar refractivity (Wildman–Crippen MR) is 64.7 cm³/mol. The van der Waals surface area contributed by atoms with E-state index in [1.54, 1.807) is 0 Å². The third-order valence-corrected chi connectivity index (χ3v) is 4.48. The molecule has 0 aromatic heterocycles. The zero-order valence-electron chi connectivity index (χ0n) is 11.0. The van der Waals surface area contributed by atoms with Crippen molar-refractivity contribution in [3.8, 4) is 0 Å². The molecule has 0 radical (unpaired) electrons. The molecule has 0 spiro atoms. The smallest absolute Gasteiger partial charge is 0.381 e. The van der Waals surface area contributed by atoms with Crippen LogP contribution in [0.4, 0.5) is 13.2 Å². The standard InChI is InChI=1S/C14H21F3O2/c15-14(16,17)12-3-1-11(2-4-12)13(18)9-10-5-7-19-8-6-10/h10-12H,1-9H2. The molecule has 19 heavy (non-hydrogen) atoms. The van der Waals surface area contributed by atoms with Gasteiger partial charge in [-0.15, -0.1) is 0 Å². The topological polar surface area (TPSA) is 26.3 Å². The third-order valence-electron chi connectivity index (χ3n) is 4.48. The zero-order chi connectivity index (χ0) is 13.9. The van der Waals surface area contributed by atoms with Crippen LogP contribution < -0.4 is 0 Å². The van der Waals surface area contributed by atoms with E-state index in [1.807, 2.05) is 0 Å². The van der Waals surface area contributed by atoms with Crippen LogP contribution >= 0.6 is 0 Å². The average molecular weight is 278 g/mol. The minimum atomic E-state index is -4.09. The van der Waals surface area contributed by atoms with Gasteiger partial charge in [-0.05, 0) is 44.4 Å². The molecule has 2 aliphatic rings. The Morgan fingerprint density at radius 3 is 2.11 bits per heavy atom. The number of carbonyl (C=O) groups is 1. The van der Waals surface area contributed by atoms with Crippen LogP contribution in [0.15, 0.2) is 0 Å². The monoisotopic (exact) mass is 278 g/mol. The number of ketones is 1. The summed E-state index contributed by atoms with van der Waals surface area (Å²) < 4.78 is 42.9. The molecule has 1 aliphatic carbocycles. The molecule has 1 saturated heterocycles. The molecular weight excluding hydrogens is 257 g/mol. The summed E-state index contributed by atoms with van der Waals surface area (Å²) in [6.07, 6.45) is -0.688. The number of hydrogen-bond donors (Lipinski definition) is 0. The van der Waals surface area contributed by atoms with Crippen LogP contribution in [-0.2, 0) is 9.53 Å². The molecule has 2 fully saturated rings. The number of halogens is 3. The van der Waals surface area contributed by atoms with Crippen molar-refractivity contribution in [2.45, 2.75) is 51.1 Å². The van der Waals surface area contributed by atoms with Crippen molar-refractivity contribution >= 4 is 5.78 Å². The van der Waals surface area contributed by atoms with Crippen LogP contribution in [0.2, 0.25) is 0 Å². The van der Waals surface area contributed by atoms with Gasteiger partial charge in [0.25, 0.3) is 0 Å². The van der Waals surface area contributed by atoms with E-state index < -0.39 is 12.1 Å². The molecule has 2 nitrogen and oxygen atoms in total. The lowest BCUT2D eigenvalue weighted by Crippen LogP contribution is -2.31. The molecule has 0 aromatic rings. The zero-order valence-corrected chi connectivity index (χ0v) is 11.0. The molecule has 0 N–H and O–H groups in total. The lowest BCUT2D eigenvalue weighted by Gasteiger charge is -2.30. The molecule has 0 aromatic carbocycles. The van der Waals surface area contributed by atoms with Gasteiger partial charge in [-0.2, -0.15) is 13.2 Å². The molecular formula is C14H21F3O2. The molecule has 0 unspecified atom stereocenters. The number of alkyl halides is 3. The minimum absolute atomic E-state index is 0.119. The lowest BCUT2D eigenvalue weighted by atomic mass is 9.77. The van der Waals surface area contributed by atoms with Crippen molar-refractivity contribution in [1.29, 1.82) is 0 Å². The van der Waals surface area contributed by atoms with Crippen LogP contribution in [-0.4, -0.2) is 25.2 Å². The summed E-state index contributed by atoms with van der Waals surface area (Å²) in [4.78, 5) is 12.1. The second kappa shape index (κ2) is 6.25. The molecule has 2 rings (SSSR count). The Bertz CT molecular complexity index is 300.